The van der Waals surface area contributed by atoms with Gasteiger partial charge in [0.05, 0.1) is 12.1 Å². The molecule has 0 aliphatic rings. The maximum Gasteiger partial charge on any atom is 0.261 e. The topological polar surface area (TPSA) is 101 Å². The van der Waals surface area contributed by atoms with Crippen LogP contribution in [0.1, 0.15) is 41.8 Å². The van der Waals surface area contributed by atoms with Crippen LogP contribution in [-0.2, 0) is 6.54 Å². The third-order valence-electron chi connectivity index (χ3n) is 4.73. The van der Waals surface area contributed by atoms with Crippen LogP contribution in [0, 0.1) is 0 Å². The highest BCUT2D eigenvalue weighted by Crippen LogP contribution is 2.24. The minimum absolute atomic E-state index is 0.164. The third kappa shape index (κ3) is 3.73. The van der Waals surface area contributed by atoms with Gasteiger partial charge in [-0.1, -0.05) is 25.1 Å². The van der Waals surface area contributed by atoms with Crippen molar-refractivity contribution < 1.29 is 9.32 Å². The molecule has 0 spiro atoms. The van der Waals surface area contributed by atoms with Gasteiger partial charge in [-0.2, -0.15) is 4.98 Å². The summed E-state index contributed by atoms with van der Waals surface area (Å²) in [6.45, 7) is 4.24. The number of carbonyl (C=O) groups is 1. The Kier molecular flexibility index (Phi) is 5.18. The predicted octanol–water partition coefficient (Wildman–Crippen LogP) is 2.90. The molecule has 0 radical (unpaired) electrons. The molecule has 30 heavy (non-hydrogen) atoms. The lowest BCUT2D eigenvalue weighted by Gasteiger charge is -2.13. The molecule has 0 bridgehead atoms. The molecule has 1 aromatic carbocycles. The molecule has 154 valence electrons. The van der Waals surface area contributed by atoms with E-state index in [1.165, 1.54) is 0 Å². The Morgan fingerprint density at radius 3 is 2.77 bits per heavy atom. The Labute approximate surface area is 173 Å². The minimum atomic E-state index is -0.176. The SMILES string of the molecule is CC(C)c1noc(-c2cccn3c(CNC(=O)c4cccc(N(C)C)c4)nnc23)n1. The van der Waals surface area contributed by atoms with Gasteiger partial charge < -0.3 is 14.7 Å². The van der Waals surface area contributed by atoms with Gasteiger partial charge in [0.25, 0.3) is 11.8 Å². The smallest absolute Gasteiger partial charge is 0.261 e. The monoisotopic (exact) mass is 405 g/mol. The summed E-state index contributed by atoms with van der Waals surface area (Å²) in [6, 6.07) is 11.2. The summed E-state index contributed by atoms with van der Waals surface area (Å²) in [5, 5.41) is 15.4. The fraction of sp³-hybridized carbons (Fsp3) is 0.286. The predicted molar refractivity (Wildman–Crippen MR) is 112 cm³/mol. The molecule has 0 aliphatic heterocycles. The lowest BCUT2D eigenvalue weighted by Crippen LogP contribution is -2.24. The van der Waals surface area contributed by atoms with Crippen LogP contribution in [0.2, 0.25) is 0 Å². The van der Waals surface area contributed by atoms with E-state index < -0.39 is 0 Å². The van der Waals surface area contributed by atoms with Gasteiger partial charge in [-0.15, -0.1) is 10.2 Å². The van der Waals surface area contributed by atoms with E-state index in [1.54, 1.807) is 6.07 Å². The summed E-state index contributed by atoms with van der Waals surface area (Å²) in [6.07, 6.45) is 1.84. The van der Waals surface area contributed by atoms with Gasteiger partial charge in [0.2, 0.25) is 0 Å². The molecule has 0 unspecified atom stereocenters. The highest BCUT2D eigenvalue weighted by molar-refractivity contribution is 5.95. The highest BCUT2D eigenvalue weighted by atomic mass is 16.5. The van der Waals surface area contributed by atoms with Gasteiger partial charge in [0.15, 0.2) is 17.3 Å². The van der Waals surface area contributed by atoms with Crippen LogP contribution in [0.3, 0.4) is 0 Å². The lowest BCUT2D eigenvalue weighted by molar-refractivity contribution is 0.0950. The van der Waals surface area contributed by atoms with Crippen molar-refractivity contribution in [3.63, 3.8) is 0 Å². The highest BCUT2D eigenvalue weighted by Gasteiger charge is 2.17. The first-order valence-electron chi connectivity index (χ1n) is 9.66. The molecule has 0 saturated heterocycles. The van der Waals surface area contributed by atoms with Crippen molar-refractivity contribution in [2.45, 2.75) is 26.3 Å². The molecule has 3 aromatic heterocycles. The molecule has 0 aliphatic carbocycles. The number of nitrogens with zero attached hydrogens (tertiary/aromatic N) is 6. The second-order valence-electron chi connectivity index (χ2n) is 7.47. The number of aromatic nitrogens is 5. The molecule has 0 saturated carbocycles. The molecule has 4 rings (SSSR count). The number of hydrogen-bond donors (Lipinski definition) is 1. The van der Waals surface area contributed by atoms with Gasteiger partial charge >= 0.3 is 0 Å². The molecule has 4 aromatic rings. The fourth-order valence-electron chi connectivity index (χ4n) is 3.02. The molecule has 9 nitrogen and oxygen atoms in total. The molecule has 3 heterocycles. The van der Waals surface area contributed by atoms with Crippen molar-refractivity contribution in [1.82, 2.24) is 30.1 Å². The van der Waals surface area contributed by atoms with Crippen molar-refractivity contribution in [2.24, 2.45) is 0 Å². The molecular formula is C21H23N7O2. The van der Waals surface area contributed by atoms with Gasteiger partial charge in [0.1, 0.15) is 0 Å². The molecule has 9 heteroatoms. The summed E-state index contributed by atoms with van der Waals surface area (Å²) < 4.78 is 7.21. The maximum atomic E-state index is 12.6. The number of amides is 1. The zero-order chi connectivity index (χ0) is 21.3. The first kappa shape index (κ1) is 19.6. The van der Waals surface area contributed by atoms with E-state index in [0.717, 1.165) is 5.69 Å². The Hall–Kier alpha value is -3.75. The number of rotatable bonds is 6. The van der Waals surface area contributed by atoms with E-state index in [-0.39, 0.29) is 18.4 Å². The summed E-state index contributed by atoms with van der Waals surface area (Å²) >= 11 is 0. The van der Waals surface area contributed by atoms with Crippen LogP contribution >= 0.6 is 0 Å². The van der Waals surface area contributed by atoms with Gasteiger partial charge in [0, 0.05) is 37.5 Å². The minimum Gasteiger partial charge on any atom is -0.378 e. The Morgan fingerprint density at radius 1 is 1.20 bits per heavy atom. The summed E-state index contributed by atoms with van der Waals surface area (Å²) in [4.78, 5) is 19.0. The quantitative estimate of drug-likeness (QED) is 0.526. The maximum absolute atomic E-state index is 12.6. The number of anilines is 1. The summed E-state index contributed by atoms with van der Waals surface area (Å²) in [7, 11) is 3.87. The van der Waals surface area contributed by atoms with Gasteiger partial charge in [-0.25, -0.2) is 0 Å². The van der Waals surface area contributed by atoms with E-state index >= 15 is 0 Å². The second-order valence-corrected chi connectivity index (χ2v) is 7.47. The first-order chi connectivity index (χ1) is 14.4. The average Bonchev–Trinajstić information content (AvgIpc) is 3.39. The number of fused-ring (bicyclic) bond motifs is 1. The van der Waals surface area contributed by atoms with Crippen LogP contribution in [0.5, 0.6) is 0 Å². The van der Waals surface area contributed by atoms with Crippen molar-refractivity contribution in [1.29, 1.82) is 0 Å². The zero-order valence-corrected chi connectivity index (χ0v) is 17.3. The normalized spacial score (nSPS) is 11.2. The molecule has 0 atom stereocenters. The third-order valence-corrected chi connectivity index (χ3v) is 4.73. The lowest BCUT2D eigenvalue weighted by atomic mass is 10.2. The van der Waals surface area contributed by atoms with E-state index in [9.17, 15) is 4.79 Å². The fourth-order valence-corrected chi connectivity index (χ4v) is 3.02. The van der Waals surface area contributed by atoms with Crippen LogP contribution in [0.15, 0.2) is 47.1 Å². The van der Waals surface area contributed by atoms with Gasteiger partial charge in [-0.05, 0) is 30.3 Å². The van der Waals surface area contributed by atoms with Crippen molar-refractivity contribution in [3.8, 4) is 11.5 Å². The Balaban J connectivity index is 1.56. The van der Waals surface area contributed by atoms with Crippen molar-refractivity contribution in [2.75, 3.05) is 19.0 Å². The molecule has 1 N–H and O–H groups in total. The van der Waals surface area contributed by atoms with E-state index in [4.69, 9.17) is 4.52 Å². The van der Waals surface area contributed by atoms with E-state index in [1.807, 2.05) is 73.8 Å². The standard InChI is InChI=1S/C21H23N7O2/c1-13(2)18-23-21(30-26-18)16-9-6-10-28-17(24-25-19(16)28)12-22-20(29)14-7-5-8-15(11-14)27(3)4/h5-11,13H,12H2,1-4H3,(H,22,29). The van der Waals surface area contributed by atoms with Crippen molar-refractivity contribution >= 4 is 17.2 Å². The van der Waals surface area contributed by atoms with E-state index in [0.29, 0.717) is 34.3 Å². The van der Waals surface area contributed by atoms with Gasteiger partial charge in [-0.3, -0.25) is 9.20 Å². The summed E-state index contributed by atoms with van der Waals surface area (Å²) in [5.41, 5.74) is 2.83. The molecule has 1 amide bonds. The van der Waals surface area contributed by atoms with Crippen LogP contribution in [0.4, 0.5) is 5.69 Å². The summed E-state index contributed by atoms with van der Waals surface area (Å²) in [5.74, 6) is 1.63. The number of benzene rings is 1. The number of pyridine rings is 1. The average molecular weight is 405 g/mol. The number of carbonyl (C=O) groups excluding carboxylic acids is 1. The van der Waals surface area contributed by atoms with Crippen LogP contribution < -0.4 is 10.2 Å². The van der Waals surface area contributed by atoms with Crippen LogP contribution in [0.25, 0.3) is 17.1 Å². The number of hydrogen-bond acceptors (Lipinski definition) is 7. The number of nitrogens with one attached hydrogen (secondary N) is 1. The van der Waals surface area contributed by atoms with Crippen molar-refractivity contribution in [3.05, 3.63) is 59.8 Å². The Bertz CT molecular complexity index is 1190. The van der Waals surface area contributed by atoms with Crippen LogP contribution in [-0.4, -0.2) is 44.7 Å². The van der Waals surface area contributed by atoms with E-state index in [2.05, 4.69) is 25.7 Å². The second kappa shape index (κ2) is 7.94. The molecule has 0 fully saturated rings. The Morgan fingerprint density at radius 2 is 2.03 bits per heavy atom. The zero-order valence-electron chi connectivity index (χ0n) is 17.3. The largest absolute Gasteiger partial charge is 0.378 e. The first-order valence-corrected chi connectivity index (χ1v) is 9.66. The molecular weight excluding hydrogens is 382 g/mol.